The van der Waals surface area contributed by atoms with Gasteiger partial charge in [-0.3, -0.25) is 4.79 Å². The van der Waals surface area contributed by atoms with Crippen LogP contribution in [0.4, 0.5) is 0 Å². The monoisotopic (exact) mass is 318 g/mol. The summed E-state index contributed by atoms with van der Waals surface area (Å²) in [4.78, 5) is 16.3. The van der Waals surface area contributed by atoms with E-state index in [-0.39, 0.29) is 18.6 Å². The number of thiazole rings is 1. The first-order valence-electron chi connectivity index (χ1n) is 7.51. The van der Waals surface area contributed by atoms with Gasteiger partial charge in [0.15, 0.2) is 6.61 Å². The lowest BCUT2D eigenvalue weighted by molar-refractivity contribution is -0.123. The summed E-state index contributed by atoms with van der Waals surface area (Å²) in [5, 5.41) is 5.86. The van der Waals surface area contributed by atoms with Crippen molar-refractivity contribution >= 4 is 17.2 Å². The molecule has 1 heterocycles. The number of carbonyl (C=O) groups is 1. The lowest BCUT2D eigenvalue weighted by Crippen LogP contribution is -2.31. The summed E-state index contributed by atoms with van der Waals surface area (Å²) in [6.07, 6.45) is 2.18. The molecule has 0 saturated carbocycles. The van der Waals surface area contributed by atoms with Crippen LogP contribution in [0.5, 0.6) is 5.75 Å². The van der Waals surface area contributed by atoms with Crippen LogP contribution in [0.25, 0.3) is 0 Å². The molecule has 2 rings (SSSR count). The maximum Gasteiger partial charge on any atom is 0.258 e. The van der Waals surface area contributed by atoms with Gasteiger partial charge in [0.1, 0.15) is 5.75 Å². The van der Waals surface area contributed by atoms with Crippen LogP contribution in [0, 0.1) is 6.92 Å². The molecule has 0 fully saturated rings. The maximum absolute atomic E-state index is 11.9. The molecule has 4 nitrogen and oxygen atoms in total. The smallest absolute Gasteiger partial charge is 0.258 e. The van der Waals surface area contributed by atoms with E-state index in [0.29, 0.717) is 5.75 Å². The number of ether oxygens (including phenoxy) is 1. The molecule has 1 aromatic heterocycles. The van der Waals surface area contributed by atoms with E-state index < -0.39 is 0 Å². The van der Waals surface area contributed by atoms with Crippen molar-refractivity contribution < 1.29 is 9.53 Å². The number of aryl methyl sites for hydroxylation is 2. The SMILES string of the molecule is CCCc1ccc(OCC(=O)NC(C)c2csc(C)n2)cc1. The molecule has 0 aliphatic carbocycles. The lowest BCUT2D eigenvalue weighted by atomic mass is 10.1. The van der Waals surface area contributed by atoms with Crippen molar-refractivity contribution in [1.29, 1.82) is 0 Å². The Morgan fingerprint density at radius 3 is 2.68 bits per heavy atom. The minimum atomic E-state index is -0.143. The number of aromatic nitrogens is 1. The number of rotatable bonds is 7. The fourth-order valence-corrected chi connectivity index (χ4v) is 2.83. The highest BCUT2D eigenvalue weighted by molar-refractivity contribution is 7.09. The molecule has 0 bridgehead atoms. The summed E-state index contributed by atoms with van der Waals surface area (Å²) in [5.74, 6) is 0.572. The van der Waals surface area contributed by atoms with E-state index in [1.807, 2.05) is 43.5 Å². The number of hydrogen-bond donors (Lipinski definition) is 1. The number of nitrogens with zero attached hydrogens (tertiary/aromatic N) is 1. The average Bonchev–Trinajstić information content (AvgIpc) is 2.93. The van der Waals surface area contributed by atoms with Gasteiger partial charge in [-0.25, -0.2) is 4.98 Å². The Morgan fingerprint density at radius 2 is 2.09 bits per heavy atom. The zero-order valence-electron chi connectivity index (χ0n) is 13.3. The predicted octanol–water partition coefficient (Wildman–Crippen LogP) is 3.66. The average molecular weight is 318 g/mol. The topological polar surface area (TPSA) is 51.2 Å². The van der Waals surface area contributed by atoms with Crippen molar-refractivity contribution in [3.05, 3.63) is 45.9 Å². The van der Waals surface area contributed by atoms with Gasteiger partial charge in [-0.05, 0) is 38.0 Å². The molecular weight excluding hydrogens is 296 g/mol. The zero-order chi connectivity index (χ0) is 15.9. The van der Waals surface area contributed by atoms with Gasteiger partial charge in [0.05, 0.1) is 16.7 Å². The summed E-state index contributed by atoms with van der Waals surface area (Å²) >= 11 is 1.58. The fraction of sp³-hybridized carbons (Fsp3) is 0.412. The Labute approximate surface area is 135 Å². The largest absolute Gasteiger partial charge is 0.484 e. The quantitative estimate of drug-likeness (QED) is 0.847. The first kappa shape index (κ1) is 16.5. The second kappa shape index (κ2) is 7.94. The summed E-state index contributed by atoms with van der Waals surface area (Å²) in [6, 6.07) is 7.79. The molecule has 0 saturated heterocycles. The lowest BCUT2D eigenvalue weighted by Gasteiger charge is -2.12. The normalized spacial score (nSPS) is 12.0. The molecule has 0 spiro atoms. The molecule has 1 amide bonds. The summed E-state index contributed by atoms with van der Waals surface area (Å²) in [7, 11) is 0. The number of nitrogens with one attached hydrogen (secondary N) is 1. The van der Waals surface area contributed by atoms with Crippen LogP contribution in [0.15, 0.2) is 29.6 Å². The summed E-state index contributed by atoms with van der Waals surface area (Å²) in [6.45, 7) is 6.04. The Balaban J connectivity index is 1.79. The van der Waals surface area contributed by atoms with Gasteiger partial charge < -0.3 is 10.1 Å². The number of hydrogen-bond acceptors (Lipinski definition) is 4. The van der Waals surface area contributed by atoms with Crippen molar-refractivity contribution in [1.82, 2.24) is 10.3 Å². The van der Waals surface area contributed by atoms with E-state index in [4.69, 9.17) is 4.74 Å². The highest BCUT2D eigenvalue weighted by Gasteiger charge is 2.12. The van der Waals surface area contributed by atoms with Gasteiger partial charge in [0, 0.05) is 5.38 Å². The molecule has 0 aliphatic heterocycles. The van der Waals surface area contributed by atoms with Crippen LogP contribution in [0.1, 0.15) is 42.6 Å². The highest BCUT2D eigenvalue weighted by Crippen LogP contribution is 2.16. The molecule has 1 N–H and O–H groups in total. The number of carbonyl (C=O) groups excluding carboxylic acids is 1. The van der Waals surface area contributed by atoms with Crippen LogP contribution >= 0.6 is 11.3 Å². The first-order valence-corrected chi connectivity index (χ1v) is 8.39. The zero-order valence-corrected chi connectivity index (χ0v) is 14.1. The molecule has 5 heteroatoms. The van der Waals surface area contributed by atoms with Crippen molar-refractivity contribution in [2.24, 2.45) is 0 Å². The third-order valence-electron chi connectivity index (χ3n) is 3.29. The van der Waals surface area contributed by atoms with E-state index in [9.17, 15) is 4.79 Å². The molecule has 1 aromatic carbocycles. The molecule has 118 valence electrons. The maximum atomic E-state index is 11.9. The Hall–Kier alpha value is -1.88. The van der Waals surface area contributed by atoms with E-state index in [0.717, 1.165) is 23.5 Å². The Bertz CT molecular complexity index is 607. The van der Waals surface area contributed by atoms with Crippen LogP contribution in [0.3, 0.4) is 0 Å². The van der Waals surface area contributed by atoms with Crippen molar-refractivity contribution in [2.45, 2.75) is 39.7 Å². The van der Waals surface area contributed by atoms with Gasteiger partial charge in [-0.1, -0.05) is 25.5 Å². The van der Waals surface area contributed by atoms with Gasteiger partial charge in [-0.2, -0.15) is 0 Å². The van der Waals surface area contributed by atoms with E-state index >= 15 is 0 Å². The Morgan fingerprint density at radius 1 is 1.36 bits per heavy atom. The summed E-state index contributed by atoms with van der Waals surface area (Å²) in [5.41, 5.74) is 2.17. The van der Waals surface area contributed by atoms with Gasteiger partial charge >= 0.3 is 0 Å². The summed E-state index contributed by atoms with van der Waals surface area (Å²) < 4.78 is 5.51. The number of amides is 1. The van der Waals surface area contributed by atoms with E-state index in [1.165, 1.54) is 5.56 Å². The molecule has 1 unspecified atom stereocenters. The van der Waals surface area contributed by atoms with Crippen LogP contribution in [-0.2, 0) is 11.2 Å². The third-order valence-corrected chi connectivity index (χ3v) is 4.08. The predicted molar refractivity (Wildman–Crippen MR) is 89.3 cm³/mol. The number of benzene rings is 1. The van der Waals surface area contributed by atoms with E-state index in [1.54, 1.807) is 11.3 Å². The van der Waals surface area contributed by atoms with Crippen LogP contribution < -0.4 is 10.1 Å². The molecule has 0 aliphatic rings. The molecule has 22 heavy (non-hydrogen) atoms. The second-order valence-electron chi connectivity index (χ2n) is 5.26. The molecule has 1 atom stereocenters. The third kappa shape index (κ3) is 4.84. The van der Waals surface area contributed by atoms with Crippen molar-refractivity contribution in [2.75, 3.05) is 6.61 Å². The highest BCUT2D eigenvalue weighted by atomic mass is 32.1. The van der Waals surface area contributed by atoms with Gasteiger partial charge in [0.2, 0.25) is 0 Å². The fourth-order valence-electron chi connectivity index (χ4n) is 2.13. The molecule has 0 radical (unpaired) electrons. The standard InChI is InChI=1S/C17H22N2O2S/c1-4-5-14-6-8-15(9-7-14)21-10-17(20)18-12(2)16-11-22-13(3)19-16/h6-9,11-12H,4-5,10H2,1-3H3,(H,18,20). The van der Waals surface area contributed by atoms with Crippen molar-refractivity contribution in [3.63, 3.8) is 0 Å². The minimum absolute atomic E-state index is 0.0145. The molecular formula is C17H22N2O2S. The van der Waals surface area contributed by atoms with Crippen LogP contribution in [0.2, 0.25) is 0 Å². The van der Waals surface area contributed by atoms with Gasteiger partial charge in [0.25, 0.3) is 5.91 Å². The second-order valence-corrected chi connectivity index (χ2v) is 6.33. The van der Waals surface area contributed by atoms with Gasteiger partial charge in [-0.15, -0.1) is 11.3 Å². The van der Waals surface area contributed by atoms with Crippen LogP contribution in [-0.4, -0.2) is 17.5 Å². The Kier molecular flexibility index (Phi) is 5.95. The van der Waals surface area contributed by atoms with Crippen molar-refractivity contribution in [3.8, 4) is 5.75 Å². The first-order chi connectivity index (χ1) is 10.6. The minimum Gasteiger partial charge on any atom is -0.484 e. The van der Waals surface area contributed by atoms with E-state index in [2.05, 4.69) is 17.2 Å². The molecule has 2 aromatic rings.